The Kier molecular flexibility index (Phi) is 25.4. The van der Waals surface area contributed by atoms with Crippen LogP contribution in [0.15, 0.2) is 0 Å². The van der Waals surface area contributed by atoms with Gasteiger partial charge in [0.2, 0.25) is 0 Å². The van der Waals surface area contributed by atoms with Crippen LogP contribution in [0.5, 0.6) is 0 Å². The van der Waals surface area contributed by atoms with Gasteiger partial charge < -0.3 is 0 Å². The van der Waals surface area contributed by atoms with Crippen molar-refractivity contribution >= 4 is 29.6 Å². The zero-order valence-electron chi connectivity index (χ0n) is 2.76. The maximum absolute atomic E-state index is 8.80. The molecule has 0 amide bonds. The molecule has 0 radical (unpaired) electrons. The molecule has 0 spiro atoms. The first-order valence-electron chi connectivity index (χ1n) is 0.647. The third kappa shape index (κ3) is 95.1. The van der Waals surface area contributed by atoms with Gasteiger partial charge in [0.25, 0.3) is 0 Å². The average Bonchev–Trinajstić information content (AvgIpc) is 0.722. The molecule has 8 heteroatoms. The first-order valence-corrected chi connectivity index (χ1v) is 2.67. The fraction of sp³-hybridized carbons (Fsp3) is 0. The van der Waals surface area contributed by atoms with Crippen LogP contribution in [0.4, 0.5) is 0 Å². The summed E-state index contributed by atoms with van der Waals surface area (Å²) >= 11 is -5.12. The topological polar surface area (TPSA) is 74.6 Å². The van der Waals surface area contributed by atoms with Crippen molar-refractivity contribution in [2.24, 2.45) is 0 Å². The molecule has 0 heterocycles. The van der Waals surface area contributed by atoms with Gasteiger partial charge in [-0.2, -0.15) is 0 Å². The summed E-state index contributed by atoms with van der Waals surface area (Å²) < 4.78 is 31.8. The Labute approximate surface area is 91.4 Å². The van der Waals surface area contributed by atoms with E-state index in [-0.39, 0.29) is 63.1 Å². The van der Waals surface area contributed by atoms with E-state index in [4.69, 9.17) is 16.0 Å². The van der Waals surface area contributed by atoms with Crippen LogP contribution in [0, 0.1) is 0 Å². The van der Waals surface area contributed by atoms with Crippen LogP contribution < -0.4 is 0 Å². The van der Waals surface area contributed by atoms with Crippen LogP contribution in [0.2, 0.25) is 0 Å². The van der Waals surface area contributed by atoms with E-state index in [1.54, 1.807) is 0 Å². The van der Waals surface area contributed by atoms with Gasteiger partial charge in [-0.15, -0.1) is 0 Å². The van der Waals surface area contributed by atoms with Gasteiger partial charge in [0.1, 0.15) is 0 Å². The molecule has 0 aliphatic rings. The van der Waals surface area contributed by atoms with Crippen LogP contribution >= 0.6 is 0 Å². The van der Waals surface area contributed by atoms with E-state index >= 15 is 0 Å². The molecule has 0 aliphatic heterocycles. The molecule has 8 heavy (non-hydrogen) atoms. The average molecular weight is 259 g/mol. The van der Waals surface area contributed by atoms with E-state index in [1.807, 2.05) is 0 Å². The molecule has 0 bridgehead atoms. The van der Waals surface area contributed by atoms with Crippen molar-refractivity contribution in [1.82, 2.24) is 0 Å². The second-order valence-electron chi connectivity index (χ2n) is 0.415. The Bertz CT molecular complexity index is 99.2. The zero-order chi connectivity index (χ0) is 4.50. The second kappa shape index (κ2) is 9.05. The minimum atomic E-state index is -5.12. The van der Waals surface area contributed by atoms with Gasteiger partial charge in [0, 0.05) is 33.6 Å². The van der Waals surface area contributed by atoms with Crippen molar-refractivity contribution in [3.05, 3.63) is 0 Å². The number of hydrogen-bond acceptors (Lipinski definition) is 2. The van der Waals surface area contributed by atoms with E-state index in [0.29, 0.717) is 0 Å². The Hall–Kier alpha value is 2.05. The molecular weight excluding hydrogens is 256 g/mol. The van der Waals surface area contributed by atoms with Crippen molar-refractivity contribution in [3.8, 4) is 0 Å². The quantitative estimate of drug-likeness (QED) is 0.493. The van der Waals surface area contributed by atoms with Crippen molar-refractivity contribution in [3.63, 3.8) is 0 Å². The molecule has 0 saturated heterocycles. The van der Waals surface area contributed by atoms with Gasteiger partial charge in [-0.1, -0.05) is 0 Å². The third-order valence-electron chi connectivity index (χ3n) is 0. The molecule has 0 unspecified atom stereocenters. The van der Waals surface area contributed by atoms with E-state index in [2.05, 4.69) is 0 Å². The molecule has 2 N–H and O–H groups in total. The third-order valence-corrected chi connectivity index (χ3v) is 0. The molecule has 4 nitrogen and oxygen atoms in total. The first-order chi connectivity index (χ1) is 2.00. The summed E-state index contributed by atoms with van der Waals surface area (Å²) in [5.41, 5.74) is 0. The molecule has 0 aliphatic carbocycles. The van der Waals surface area contributed by atoms with Gasteiger partial charge in [0.05, 0.1) is 0 Å². The van der Waals surface area contributed by atoms with E-state index in [1.165, 1.54) is 0 Å². The fourth-order valence-electron chi connectivity index (χ4n) is 0. The summed E-state index contributed by atoms with van der Waals surface area (Å²) in [6.45, 7) is 0. The summed E-state index contributed by atoms with van der Waals surface area (Å²) in [5, 5.41) is 0. The molecule has 0 aromatic rings. The van der Waals surface area contributed by atoms with Gasteiger partial charge in [0.15, 0.2) is 0 Å². The van der Waals surface area contributed by atoms with Crippen LogP contribution in [0.1, 0.15) is 0 Å². The van der Waals surface area contributed by atoms with Crippen molar-refractivity contribution in [2.75, 3.05) is 0 Å². The standard InChI is InChI=1S/Fe.Mn.Na.Ni.2H2O.2O.H/h;;;;2*1H2;;;/q;+2;;;;;;;/p-2. The van der Waals surface area contributed by atoms with Gasteiger partial charge in [-0.05, 0) is 0 Å². The Morgan fingerprint density at radius 1 is 1.12 bits per heavy atom. The molecule has 53 valence electrons. The first kappa shape index (κ1) is 22.5. The summed E-state index contributed by atoms with van der Waals surface area (Å²) in [5.74, 6) is 0. The van der Waals surface area contributed by atoms with Gasteiger partial charge >= 0.3 is 59.0 Å². The predicted octanol–water partition coefficient (Wildman–Crippen LogP) is -2.01. The Morgan fingerprint density at radius 2 is 1.12 bits per heavy atom. The molecule has 0 fully saturated rings. The molecule has 0 atom stereocenters. The van der Waals surface area contributed by atoms with Crippen molar-refractivity contribution in [2.45, 2.75) is 0 Å². The second-order valence-corrected chi connectivity index (χ2v) is 1.71. The number of hydrogen-bond donors (Lipinski definition) is 2. The van der Waals surface area contributed by atoms with Crippen LogP contribution in [0.25, 0.3) is 0 Å². The van der Waals surface area contributed by atoms with E-state index in [9.17, 15) is 0 Å². The predicted molar refractivity (Wildman–Crippen MR) is 13.0 cm³/mol. The Morgan fingerprint density at radius 3 is 1.12 bits per heavy atom. The summed E-state index contributed by atoms with van der Waals surface area (Å²) in [6.07, 6.45) is 0. The Balaban J connectivity index is -0.0000000267. The van der Waals surface area contributed by atoms with Gasteiger partial charge in [-0.3, -0.25) is 0 Å². The monoisotopic (exact) mass is 259 g/mol. The molecule has 0 aromatic heterocycles. The molecule has 0 aromatic carbocycles. The molecule has 0 rings (SSSR count). The van der Waals surface area contributed by atoms with Crippen molar-refractivity contribution < 1.29 is 63.0 Å². The van der Waals surface area contributed by atoms with Crippen LogP contribution in [-0.4, -0.2) is 37.9 Å². The maximum atomic E-state index is 8.80. The number of rotatable bonds is 0. The summed E-state index contributed by atoms with van der Waals surface area (Å²) in [6, 6.07) is 0. The molecular formula is H3FeMnNaNiO4. The molecule has 0 saturated carbocycles. The van der Waals surface area contributed by atoms with Crippen LogP contribution in [0.3, 0.4) is 0 Å². The van der Waals surface area contributed by atoms with E-state index in [0.717, 1.165) is 0 Å². The van der Waals surface area contributed by atoms with E-state index < -0.39 is 13.4 Å². The summed E-state index contributed by atoms with van der Waals surface area (Å²) in [4.78, 5) is 0. The zero-order valence-corrected chi connectivity index (χ0v) is 6.03. The fourth-order valence-corrected chi connectivity index (χ4v) is 0. The normalized spacial score (nSPS) is 7.25. The van der Waals surface area contributed by atoms with Crippen molar-refractivity contribution in [1.29, 1.82) is 0 Å². The minimum absolute atomic E-state index is 0. The van der Waals surface area contributed by atoms with Gasteiger partial charge in [-0.25, -0.2) is 0 Å². The van der Waals surface area contributed by atoms with Crippen LogP contribution in [-0.2, 0) is 54.6 Å². The SMILES string of the molecule is [Fe].[NaH].[Ni].[O]=[Mn](=[O])([OH])[OH]. The summed E-state index contributed by atoms with van der Waals surface area (Å²) in [7, 11) is 0.